The van der Waals surface area contributed by atoms with Crippen molar-refractivity contribution >= 4 is 17.3 Å². The number of piperidine rings is 1. The molecule has 1 saturated carbocycles. The van der Waals surface area contributed by atoms with Crippen molar-refractivity contribution in [2.45, 2.75) is 44.1 Å². The Morgan fingerprint density at radius 1 is 1.16 bits per heavy atom. The van der Waals surface area contributed by atoms with Gasteiger partial charge in [0, 0.05) is 36.8 Å². The van der Waals surface area contributed by atoms with Crippen molar-refractivity contribution in [3.63, 3.8) is 0 Å². The van der Waals surface area contributed by atoms with E-state index >= 15 is 0 Å². The first-order chi connectivity index (χ1) is 15.5. The molecule has 170 valence electrons. The van der Waals surface area contributed by atoms with E-state index in [1.54, 1.807) is 19.2 Å². The molecule has 0 spiro atoms. The van der Waals surface area contributed by atoms with Crippen LogP contribution in [0.5, 0.6) is 11.5 Å². The first kappa shape index (κ1) is 21.9. The van der Waals surface area contributed by atoms with Crippen LogP contribution in [0, 0.1) is 16.0 Å². The standard InChI is InChI=1S/C24H29N3O5/c1-31-22-10-9-16(12-23(22)32-21-7-2-3-8-21)17-11-18(24(28)26-14-17)15-25-19-5-4-6-20(13-19)27(29)30/h4-6,9-10,12-13,17-18,21,25H,2-3,7-8,11,14-15H2,1H3,(H,26,28)/t17-,18+/m1/s1. The number of hydrogen-bond acceptors (Lipinski definition) is 6. The molecular formula is C24H29N3O5. The second kappa shape index (κ2) is 9.89. The van der Waals surface area contributed by atoms with Crippen molar-refractivity contribution in [2.75, 3.05) is 25.5 Å². The summed E-state index contributed by atoms with van der Waals surface area (Å²) in [7, 11) is 1.65. The molecule has 1 aliphatic heterocycles. The molecule has 0 bridgehead atoms. The zero-order chi connectivity index (χ0) is 22.5. The van der Waals surface area contributed by atoms with Crippen molar-refractivity contribution in [3.05, 3.63) is 58.1 Å². The van der Waals surface area contributed by atoms with Crippen LogP contribution in [0.3, 0.4) is 0 Å². The van der Waals surface area contributed by atoms with Crippen LogP contribution in [0.1, 0.15) is 43.6 Å². The number of nitro groups is 1. The molecular weight excluding hydrogens is 410 g/mol. The largest absolute Gasteiger partial charge is 0.493 e. The molecule has 0 aromatic heterocycles. The van der Waals surface area contributed by atoms with Gasteiger partial charge in [-0.2, -0.15) is 0 Å². The van der Waals surface area contributed by atoms with E-state index in [9.17, 15) is 14.9 Å². The van der Waals surface area contributed by atoms with Gasteiger partial charge in [-0.1, -0.05) is 12.1 Å². The normalized spacial score (nSPS) is 21.1. The molecule has 2 fully saturated rings. The van der Waals surface area contributed by atoms with Gasteiger partial charge < -0.3 is 20.1 Å². The molecule has 2 N–H and O–H groups in total. The lowest BCUT2D eigenvalue weighted by atomic mass is 9.85. The summed E-state index contributed by atoms with van der Waals surface area (Å²) in [5.74, 6) is 1.40. The second-order valence-electron chi connectivity index (χ2n) is 8.50. The lowest BCUT2D eigenvalue weighted by molar-refractivity contribution is -0.384. The van der Waals surface area contributed by atoms with E-state index < -0.39 is 4.92 Å². The van der Waals surface area contributed by atoms with Gasteiger partial charge in [0.25, 0.3) is 5.69 Å². The fraction of sp³-hybridized carbons (Fsp3) is 0.458. The Kier molecular flexibility index (Phi) is 6.78. The molecule has 0 unspecified atom stereocenters. The minimum atomic E-state index is -0.427. The molecule has 2 aromatic rings. The van der Waals surface area contributed by atoms with Gasteiger partial charge in [-0.05, 0) is 55.9 Å². The van der Waals surface area contributed by atoms with E-state index in [-0.39, 0.29) is 29.5 Å². The van der Waals surface area contributed by atoms with Crippen LogP contribution in [0.15, 0.2) is 42.5 Å². The minimum absolute atomic E-state index is 0.00452. The Balaban J connectivity index is 1.43. The number of carbonyl (C=O) groups is 1. The Bertz CT molecular complexity index is 974. The van der Waals surface area contributed by atoms with Gasteiger partial charge in [-0.3, -0.25) is 14.9 Å². The number of rotatable bonds is 8. The van der Waals surface area contributed by atoms with Crippen molar-refractivity contribution < 1.29 is 19.2 Å². The fourth-order valence-corrected chi connectivity index (χ4v) is 4.53. The topological polar surface area (TPSA) is 103 Å². The molecule has 32 heavy (non-hydrogen) atoms. The van der Waals surface area contributed by atoms with Gasteiger partial charge in [0.15, 0.2) is 11.5 Å². The third-order valence-electron chi connectivity index (χ3n) is 6.33. The Morgan fingerprint density at radius 2 is 1.97 bits per heavy atom. The number of anilines is 1. The van der Waals surface area contributed by atoms with E-state index in [2.05, 4.69) is 10.6 Å². The van der Waals surface area contributed by atoms with E-state index in [4.69, 9.17) is 9.47 Å². The average Bonchev–Trinajstić information content (AvgIpc) is 3.32. The number of nitrogens with one attached hydrogen (secondary N) is 2. The molecule has 8 nitrogen and oxygen atoms in total. The van der Waals surface area contributed by atoms with Crippen LogP contribution in [0.25, 0.3) is 0 Å². The highest BCUT2D eigenvalue weighted by molar-refractivity contribution is 5.80. The molecule has 1 aliphatic carbocycles. The maximum Gasteiger partial charge on any atom is 0.271 e. The van der Waals surface area contributed by atoms with Crippen LogP contribution in [0.2, 0.25) is 0 Å². The van der Waals surface area contributed by atoms with E-state index in [1.807, 2.05) is 18.2 Å². The van der Waals surface area contributed by atoms with Crippen molar-refractivity contribution in [1.82, 2.24) is 5.32 Å². The third kappa shape index (κ3) is 5.12. The zero-order valence-corrected chi connectivity index (χ0v) is 18.2. The smallest absolute Gasteiger partial charge is 0.271 e. The number of nitro benzene ring substituents is 1. The highest BCUT2D eigenvalue weighted by Crippen LogP contribution is 2.36. The molecule has 1 saturated heterocycles. The summed E-state index contributed by atoms with van der Waals surface area (Å²) in [6, 6.07) is 12.3. The summed E-state index contributed by atoms with van der Waals surface area (Å²) in [6.07, 6.45) is 5.44. The summed E-state index contributed by atoms with van der Waals surface area (Å²) >= 11 is 0. The lowest BCUT2D eigenvalue weighted by Crippen LogP contribution is -2.43. The average molecular weight is 440 g/mol. The van der Waals surface area contributed by atoms with Gasteiger partial charge in [0.05, 0.1) is 24.1 Å². The number of methoxy groups -OCH3 is 1. The second-order valence-corrected chi connectivity index (χ2v) is 8.50. The summed E-state index contributed by atoms with van der Waals surface area (Å²) in [5.41, 5.74) is 1.76. The number of nitrogens with zero attached hydrogens (tertiary/aromatic N) is 1. The lowest BCUT2D eigenvalue weighted by Gasteiger charge is -2.30. The van der Waals surface area contributed by atoms with Gasteiger partial charge in [-0.25, -0.2) is 0 Å². The SMILES string of the molecule is COc1ccc([C@H]2CNC(=O)[C@H](CNc3cccc([N+](=O)[O-])c3)C2)cc1OC1CCCC1. The van der Waals surface area contributed by atoms with Crippen LogP contribution in [0.4, 0.5) is 11.4 Å². The van der Waals surface area contributed by atoms with Crippen LogP contribution in [-0.2, 0) is 4.79 Å². The molecule has 2 atom stereocenters. The molecule has 0 radical (unpaired) electrons. The van der Waals surface area contributed by atoms with Crippen molar-refractivity contribution in [2.24, 2.45) is 5.92 Å². The maximum absolute atomic E-state index is 12.5. The van der Waals surface area contributed by atoms with Crippen LogP contribution in [-0.4, -0.2) is 37.1 Å². The molecule has 8 heteroatoms. The number of amides is 1. The van der Waals surface area contributed by atoms with Crippen LogP contribution < -0.4 is 20.1 Å². The fourth-order valence-electron chi connectivity index (χ4n) is 4.53. The van der Waals surface area contributed by atoms with E-state index in [0.29, 0.717) is 25.2 Å². The van der Waals surface area contributed by atoms with Gasteiger partial charge in [0.2, 0.25) is 5.91 Å². The number of non-ortho nitro benzene ring substituents is 1. The highest BCUT2D eigenvalue weighted by Gasteiger charge is 2.30. The predicted molar refractivity (Wildman–Crippen MR) is 121 cm³/mol. The van der Waals surface area contributed by atoms with Crippen molar-refractivity contribution in [3.8, 4) is 11.5 Å². The monoisotopic (exact) mass is 439 g/mol. The van der Waals surface area contributed by atoms with E-state index in [0.717, 1.165) is 29.9 Å². The number of benzene rings is 2. The van der Waals surface area contributed by atoms with Gasteiger partial charge in [0.1, 0.15) is 0 Å². The quantitative estimate of drug-likeness (QED) is 0.471. The van der Waals surface area contributed by atoms with Crippen molar-refractivity contribution in [1.29, 1.82) is 0 Å². The zero-order valence-electron chi connectivity index (χ0n) is 18.2. The van der Waals surface area contributed by atoms with Gasteiger partial charge >= 0.3 is 0 Å². The number of carbonyl (C=O) groups excluding carboxylic acids is 1. The first-order valence-electron chi connectivity index (χ1n) is 11.1. The maximum atomic E-state index is 12.5. The summed E-state index contributed by atoms with van der Waals surface area (Å²) in [4.78, 5) is 23.0. The van der Waals surface area contributed by atoms with Crippen LogP contribution >= 0.6 is 0 Å². The molecule has 4 rings (SSSR count). The first-order valence-corrected chi connectivity index (χ1v) is 11.1. The summed E-state index contributed by atoms with van der Waals surface area (Å²) in [6.45, 7) is 0.979. The molecule has 1 heterocycles. The minimum Gasteiger partial charge on any atom is -0.493 e. The Labute approximate surface area is 187 Å². The number of hydrogen-bond donors (Lipinski definition) is 2. The number of ether oxygens (including phenoxy) is 2. The predicted octanol–water partition coefficient (Wildman–Crippen LogP) is 4.26. The summed E-state index contributed by atoms with van der Waals surface area (Å²) < 4.78 is 11.7. The molecule has 2 aliphatic rings. The summed E-state index contributed by atoms with van der Waals surface area (Å²) in [5, 5.41) is 17.2. The third-order valence-corrected chi connectivity index (χ3v) is 6.33. The Morgan fingerprint density at radius 3 is 2.72 bits per heavy atom. The van der Waals surface area contributed by atoms with Gasteiger partial charge in [-0.15, -0.1) is 0 Å². The van der Waals surface area contributed by atoms with E-state index in [1.165, 1.54) is 25.0 Å². The Hall–Kier alpha value is -3.29. The molecule has 2 aromatic carbocycles. The highest BCUT2D eigenvalue weighted by atomic mass is 16.6. The molecule has 1 amide bonds.